The number of carbonyl (C=O) groups is 2. The number of nitrogens with zero attached hydrogens (tertiary/aromatic N) is 6. The van der Waals surface area contributed by atoms with Gasteiger partial charge in [0.15, 0.2) is 5.82 Å². The molecule has 0 spiro atoms. The van der Waals surface area contributed by atoms with Gasteiger partial charge in [0.25, 0.3) is 0 Å². The molecule has 1 aromatic carbocycles. The van der Waals surface area contributed by atoms with Gasteiger partial charge in [0.1, 0.15) is 0 Å². The molecular weight excluding hydrogens is 547 g/mol. The fourth-order valence-corrected chi connectivity index (χ4v) is 6.19. The number of fused-ring (bicyclic) bond motifs is 1. The molecular formula is C30H38F3N7O2. The summed E-state index contributed by atoms with van der Waals surface area (Å²) in [6.07, 6.45) is 1.60. The molecule has 0 aliphatic carbocycles. The van der Waals surface area contributed by atoms with Crippen molar-refractivity contribution in [3.05, 3.63) is 47.8 Å². The summed E-state index contributed by atoms with van der Waals surface area (Å²) in [6, 6.07) is 8.04. The smallest absolute Gasteiger partial charge is 0.359 e. The van der Waals surface area contributed by atoms with Crippen LogP contribution in [0.25, 0.3) is 10.9 Å². The van der Waals surface area contributed by atoms with Crippen molar-refractivity contribution in [1.82, 2.24) is 25.0 Å². The van der Waals surface area contributed by atoms with E-state index < -0.39 is 11.7 Å². The first-order chi connectivity index (χ1) is 20.2. The highest BCUT2D eigenvalue weighted by atomic mass is 19.4. The summed E-state index contributed by atoms with van der Waals surface area (Å²) in [5, 5.41) is 11.5. The Kier molecular flexibility index (Phi) is 9.00. The first kappa shape index (κ1) is 29.8. The van der Waals surface area contributed by atoms with E-state index in [0.29, 0.717) is 23.2 Å². The maximum atomic E-state index is 13.9. The number of rotatable bonds is 9. The molecule has 2 saturated heterocycles. The number of amides is 2. The first-order valence-corrected chi connectivity index (χ1v) is 14.6. The van der Waals surface area contributed by atoms with Crippen molar-refractivity contribution < 1.29 is 22.8 Å². The fourth-order valence-electron chi connectivity index (χ4n) is 6.19. The van der Waals surface area contributed by atoms with Gasteiger partial charge in [0.05, 0.1) is 22.5 Å². The van der Waals surface area contributed by atoms with Crippen LogP contribution in [-0.2, 0) is 15.8 Å². The van der Waals surface area contributed by atoms with Gasteiger partial charge in [-0.15, -0.1) is 5.10 Å². The zero-order valence-electron chi connectivity index (χ0n) is 24.1. The third-order valence-corrected chi connectivity index (χ3v) is 8.63. The Morgan fingerprint density at radius 1 is 1.07 bits per heavy atom. The lowest BCUT2D eigenvalue weighted by molar-refractivity contribution is -0.137. The minimum absolute atomic E-state index is 0.00871. The summed E-state index contributed by atoms with van der Waals surface area (Å²) in [4.78, 5) is 29.6. The van der Waals surface area contributed by atoms with Crippen molar-refractivity contribution in [1.29, 1.82) is 0 Å². The number of likely N-dealkylation sites (tertiary alicyclic amines) is 1. The molecule has 2 aliphatic rings. The van der Waals surface area contributed by atoms with Gasteiger partial charge in [-0.25, -0.2) is 0 Å². The van der Waals surface area contributed by atoms with Crippen molar-refractivity contribution in [2.45, 2.75) is 51.2 Å². The lowest BCUT2D eigenvalue weighted by Crippen LogP contribution is -2.42. The van der Waals surface area contributed by atoms with E-state index in [1.165, 1.54) is 18.0 Å². The molecule has 0 atom stereocenters. The van der Waals surface area contributed by atoms with E-state index in [1.807, 2.05) is 29.8 Å². The molecule has 12 heteroatoms. The maximum Gasteiger partial charge on any atom is 0.416 e. The molecule has 42 heavy (non-hydrogen) atoms. The predicted octanol–water partition coefficient (Wildman–Crippen LogP) is 4.41. The number of alkyl halides is 3. The van der Waals surface area contributed by atoms with Crippen LogP contribution >= 0.6 is 0 Å². The fraction of sp³-hybridized carbons (Fsp3) is 0.533. The van der Waals surface area contributed by atoms with Crippen LogP contribution in [0.4, 0.5) is 24.7 Å². The van der Waals surface area contributed by atoms with Crippen LogP contribution < -0.4 is 15.1 Å². The molecule has 2 aromatic heterocycles. The standard InChI is InChI=1S/C30H38F3N7O2/c1-21-3-4-28(36-35-21)38-13-5-22(6-14-38)19-37-11-7-24(8-12-37)40-16-9-25-26(39(20-41)15-10-29(42)34-2)17-23(18-27(25)40)30(31,32)33/h3-4,9,16-18,20,22,24H,5-8,10-15,19H2,1-2H3,(H,34,42). The third-order valence-electron chi connectivity index (χ3n) is 8.63. The Balaban J connectivity index is 1.24. The number of benzene rings is 1. The van der Waals surface area contributed by atoms with Crippen LogP contribution in [0.2, 0.25) is 0 Å². The Labute approximate surface area is 243 Å². The molecule has 9 nitrogen and oxygen atoms in total. The summed E-state index contributed by atoms with van der Waals surface area (Å²) < 4.78 is 43.7. The molecule has 0 saturated carbocycles. The van der Waals surface area contributed by atoms with Crippen LogP contribution in [-0.4, -0.2) is 78.3 Å². The first-order valence-electron chi connectivity index (χ1n) is 14.6. The van der Waals surface area contributed by atoms with Crippen LogP contribution in [0.3, 0.4) is 0 Å². The number of nitrogens with one attached hydrogen (secondary N) is 1. The molecule has 2 fully saturated rings. The van der Waals surface area contributed by atoms with E-state index >= 15 is 0 Å². The zero-order valence-corrected chi connectivity index (χ0v) is 24.1. The molecule has 5 rings (SSSR count). The normalized spacial score (nSPS) is 17.5. The zero-order chi connectivity index (χ0) is 29.9. The van der Waals surface area contributed by atoms with E-state index in [-0.39, 0.29) is 30.6 Å². The molecule has 2 aliphatic heterocycles. The Hall–Kier alpha value is -3.67. The van der Waals surface area contributed by atoms with Crippen LogP contribution in [0.15, 0.2) is 36.5 Å². The van der Waals surface area contributed by atoms with Gasteiger partial charge >= 0.3 is 6.18 Å². The lowest BCUT2D eigenvalue weighted by Gasteiger charge is -2.38. The van der Waals surface area contributed by atoms with Crippen LogP contribution in [0, 0.1) is 12.8 Å². The van der Waals surface area contributed by atoms with Gasteiger partial charge in [-0.2, -0.15) is 18.3 Å². The molecule has 0 unspecified atom stereocenters. The number of carbonyl (C=O) groups excluding carboxylic acids is 2. The largest absolute Gasteiger partial charge is 0.416 e. The van der Waals surface area contributed by atoms with Crippen molar-refractivity contribution in [2.75, 3.05) is 56.1 Å². The van der Waals surface area contributed by atoms with E-state index in [1.54, 1.807) is 6.07 Å². The summed E-state index contributed by atoms with van der Waals surface area (Å²) in [6.45, 7) is 6.62. The van der Waals surface area contributed by atoms with Gasteiger partial charge < -0.3 is 24.6 Å². The number of aryl methyl sites for hydroxylation is 1. The second kappa shape index (κ2) is 12.7. The quantitative estimate of drug-likeness (QED) is 0.375. The molecule has 1 N–H and O–H groups in total. The van der Waals surface area contributed by atoms with E-state index in [2.05, 4.69) is 25.3 Å². The minimum atomic E-state index is -4.57. The van der Waals surface area contributed by atoms with Crippen molar-refractivity contribution in [3.8, 4) is 0 Å². The van der Waals surface area contributed by atoms with Crippen molar-refractivity contribution in [2.24, 2.45) is 5.92 Å². The van der Waals surface area contributed by atoms with Crippen LogP contribution in [0.1, 0.15) is 49.4 Å². The third kappa shape index (κ3) is 6.69. The summed E-state index contributed by atoms with van der Waals surface area (Å²) >= 11 is 0. The van der Waals surface area contributed by atoms with Crippen LogP contribution in [0.5, 0.6) is 0 Å². The predicted molar refractivity (Wildman–Crippen MR) is 155 cm³/mol. The molecule has 3 aromatic rings. The highest BCUT2D eigenvalue weighted by Gasteiger charge is 2.33. The average molecular weight is 586 g/mol. The monoisotopic (exact) mass is 585 g/mol. The van der Waals surface area contributed by atoms with Gasteiger partial charge in [-0.3, -0.25) is 9.59 Å². The van der Waals surface area contributed by atoms with Crippen molar-refractivity contribution in [3.63, 3.8) is 0 Å². The van der Waals surface area contributed by atoms with Gasteiger partial charge in [-0.05, 0) is 68.9 Å². The molecule has 2 amide bonds. The Morgan fingerprint density at radius 2 is 1.81 bits per heavy atom. The molecule has 4 heterocycles. The molecule has 0 bridgehead atoms. The van der Waals surface area contributed by atoms with Crippen molar-refractivity contribution >= 4 is 34.7 Å². The number of aromatic nitrogens is 3. The molecule has 0 radical (unpaired) electrons. The van der Waals surface area contributed by atoms with E-state index in [0.717, 1.165) is 76.0 Å². The number of piperidine rings is 2. The highest BCUT2D eigenvalue weighted by molar-refractivity contribution is 5.98. The van der Waals surface area contributed by atoms with Gasteiger partial charge in [-0.1, -0.05) is 0 Å². The number of anilines is 2. The summed E-state index contributed by atoms with van der Waals surface area (Å²) in [7, 11) is 1.48. The minimum Gasteiger partial charge on any atom is -0.359 e. The second-order valence-corrected chi connectivity index (χ2v) is 11.4. The second-order valence-electron chi connectivity index (χ2n) is 11.4. The Morgan fingerprint density at radius 3 is 2.43 bits per heavy atom. The summed E-state index contributed by atoms with van der Waals surface area (Å²) in [5.74, 6) is 1.24. The summed E-state index contributed by atoms with van der Waals surface area (Å²) in [5.41, 5.74) is 0.721. The SMILES string of the molecule is CNC(=O)CCN(C=O)c1cc(C(F)(F)F)cc2c1ccn2C1CCN(CC2CCN(c3ccc(C)nn3)CC2)CC1. The average Bonchev–Trinajstić information content (AvgIpc) is 3.42. The van der Waals surface area contributed by atoms with E-state index in [4.69, 9.17) is 0 Å². The maximum absolute atomic E-state index is 13.9. The number of halogens is 3. The van der Waals surface area contributed by atoms with E-state index in [9.17, 15) is 22.8 Å². The lowest BCUT2D eigenvalue weighted by atomic mass is 9.94. The van der Waals surface area contributed by atoms with Gasteiger partial charge in [0.2, 0.25) is 12.3 Å². The van der Waals surface area contributed by atoms with Gasteiger partial charge in [0, 0.05) is 70.4 Å². The number of hydrogen-bond donors (Lipinski definition) is 1. The molecule has 226 valence electrons. The highest BCUT2D eigenvalue weighted by Crippen LogP contribution is 2.39. The Bertz CT molecular complexity index is 1380. The topological polar surface area (TPSA) is 86.6 Å². The number of hydrogen-bond acceptors (Lipinski definition) is 6.